The second-order valence-corrected chi connectivity index (χ2v) is 5.71. The molecule has 1 aromatic carbocycles. The molecular weight excluding hydrogens is 284 g/mol. The highest BCUT2D eigenvalue weighted by molar-refractivity contribution is 7.12. The average molecular weight is 302 g/mol. The molecule has 110 valence electrons. The van der Waals surface area contributed by atoms with Crippen LogP contribution in [-0.4, -0.2) is 17.9 Å². The fourth-order valence-electron chi connectivity index (χ4n) is 1.79. The third kappa shape index (κ3) is 3.92. The molecule has 4 nitrogen and oxygen atoms in total. The van der Waals surface area contributed by atoms with Crippen LogP contribution in [0.5, 0.6) is 0 Å². The van der Waals surface area contributed by atoms with Gasteiger partial charge in [0.2, 0.25) is 0 Å². The van der Waals surface area contributed by atoms with Gasteiger partial charge in [-0.15, -0.1) is 11.3 Å². The maximum Gasteiger partial charge on any atom is 0.265 e. The Morgan fingerprint density at radius 3 is 2.57 bits per heavy atom. The first-order chi connectivity index (χ1) is 10.1. The second kappa shape index (κ2) is 7.04. The van der Waals surface area contributed by atoms with Gasteiger partial charge in [-0.3, -0.25) is 9.59 Å². The monoisotopic (exact) mass is 302 g/mol. The number of amides is 2. The molecule has 0 bridgehead atoms. The van der Waals surface area contributed by atoms with Crippen molar-refractivity contribution in [3.05, 3.63) is 52.2 Å². The summed E-state index contributed by atoms with van der Waals surface area (Å²) in [6, 6.07) is 10.7. The summed E-state index contributed by atoms with van der Waals surface area (Å²) < 4.78 is 0. The lowest BCUT2D eigenvalue weighted by Gasteiger charge is -2.14. The lowest BCUT2D eigenvalue weighted by Crippen LogP contribution is -2.32. The number of nitrogens with one attached hydrogen (secondary N) is 2. The van der Waals surface area contributed by atoms with Crippen LogP contribution >= 0.6 is 11.3 Å². The number of thiophene rings is 1. The summed E-state index contributed by atoms with van der Waals surface area (Å²) in [5.74, 6) is -0.375. The first-order valence-electron chi connectivity index (χ1n) is 6.86. The molecule has 0 fully saturated rings. The van der Waals surface area contributed by atoms with Gasteiger partial charge in [0.25, 0.3) is 11.8 Å². The molecule has 1 atom stereocenters. The molecule has 1 heterocycles. The van der Waals surface area contributed by atoms with Crippen LogP contribution in [0.4, 0.5) is 5.69 Å². The van der Waals surface area contributed by atoms with Crippen molar-refractivity contribution < 1.29 is 9.59 Å². The summed E-state index contributed by atoms with van der Waals surface area (Å²) in [5.41, 5.74) is 0.999. The van der Waals surface area contributed by atoms with Crippen molar-refractivity contribution in [1.29, 1.82) is 0 Å². The predicted molar refractivity (Wildman–Crippen MR) is 85.9 cm³/mol. The molecule has 0 saturated heterocycles. The van der Waals surface area contributed by atoms with Gasteiger partial charge in [0.1, 0.15) is 0 Å². The molecular formula is C16H18N2O2S. The third-order valence-corrected chi connectivity index (χ3v) is 4.02. The Morgan fingerprint density at radius 2 is 1.90 bits per heavy atom. The Hall–Kier alpha value is -2.14. The van der Waals surface area contributed by atoms with E-state index in [4.69, 9.17) is 0 Å². The minimum absolute atomic E-state index is 0.0959. The van der Waals surface area contributed by atoms with Gasteiger partial charge < -0.3 is 10.6 Å². The molecule has 21 heavy (non-hydrogen) atoms. The van der Waals surface area contributed by atoms with E-state index in [9.17, 15) is 9.59 Å². The number of hydrogen-bond donors (Lipinski definition) is 2. The van der Waals surface area contributed by atoms with Crippen molar-refractivity contribution in [1.82, 2.24) is 5.32 Å². The molecule has 2 N–H and O–H groups in total. The Labute approximate surface area is 128 Å². The van der Waals surface area contributed by atoms with Crippen molar-refractivity contribution in [3.8, 4) is 0 Å². The van der Waals surface area contributed by atoms with Crippen LogP contribution in [0, 0.1) is 0 Å². The topological polar surface area (TPSA) is 58.2 Å². The standard InChI is InChI=1S/C16H18N2O2S/c1-3-11(2)17-15(19)12-7-4-5-8-13(12)18-16(20)14-9-6-10-21-14/h4-11H,3H2,1-2H3,(H,17,19)(H,18,20)/t11-/m0/s1. The summed E-state index contributed by atoms with van der Waals surface area (Å²) in [7, 11) is 0. The van der Waals surface area contributed by atoms with E-state index in [0.29, 0.717) is 16.1 Å². The van der Waals surface area contributed by atoms with Gasteiger partial charge >= 0.3 is 0 Å². The maximum absolute atomic E-state index is 12.2. The SMILES string of the molecule is CC[C@H](C)NC(=O)c1ccccc1NC(=O)c1cccs1. The molecule has 0 radical (unpaired) electrons. The molecule has 1 aromatic heterocycles. The highest BCUT2D eigenvalue weighted by atomic mass is 32.1. The summed E-state index contributed by atoms with van der Waals surface area (Å²) in [6.45, 7) is 3.96. The molecule has 2 rings (SSSR count). The molecule has 0 spiro atoms. The Balaban J connectivity index is 2.17. The lowest BCUT2D eigenvalue weighted by atomic mass is 10.1. The van der Waals surface area contributed by atoms with Crippen molar-refractivity contribution >= 4 is 28.8 Å². The van der Waals surface area contributed by atoms with Crippen molar-refractivity contribution in [2.75, 3.05) is 5.32 Å². The summed E-state index contributed by atoms with van der Waals surface area (Å²) in [5, 5.41) is 7.55. The fraction of sp³-hybridized carbons (Fsp3) is 0.250. The molecule has 0 aliphatic heterocycles. The molecule has 0 aliphatic carbocycles. The predicted octanol–water partition coefficient (Wildman–Crippen LogP) is 3.53. The molecule has 2 aromatic rings. The Morgan fingerprint density at radius 1 is 1.14 bits per heavy atom. The van der Waals surface area contributed by atoms with Crippen LogP contribution < -0.4 is 10.6 Å². The molecule has 0 unspecified atom stereocenters. The van der Waals surface area contributed by atoms with Gasteiger partial charge in [-0.25, -0.2) is 0 Å². The van der Waals surface area contributed by atoms with Gasteiger partial charge in [0, 0.05) is 6.04 Å². The van der Waals surface area contributed by atoms with E-state index in [1.54, 1.807) is 30.3 Å². The van der Waals surface area contributed by atoms with E-state index in [1.165, 1.54) is 11.3 Å². The zero-order valence-corrected chi connectivity index (χ0v) is 12.9. The molecule has 5 heteroatoms. The molecule has 2 amide bonds. The number of para-hydroxylation sites is 1. The highest BCUT2D eigenvalue weighted by Crippen LogP contribution is 2.18. The largest absolute Gasteiger partial charge is 0.350 e. The van der Waals surface area contributed by atoms with E-state index in [-0.39, 0.29) is 17.9 Å². The Bertz CT molecular complexity index is 623. The van der Waals surface area contributed by atoms with Crippen LogP contribution in [0.3, 0.4) is 0 Å². The minimum atomic E-state index is -0.200. The van der Waals surface area contributed by atoms with Crippen molar-refractivity contribution in [3.63, 3.8) is 0 Å². The highest BCUT2D eigenvalue weighted by Gasteiger charge is 2.15. The van der Waals surface area contributed by atoms with E-state index in [2.05, 4.69) is 10.6 Å². The number of anilines is 1. The van der Waals surface area contributed by atoms with E-state index in [1.807, 2.05) is 25.3 Å². The number of hydrogen-bond acceptors (Lipinski definition) is 3. The summed E-state index contributed by atoms with van der Waals surface area (Å²) >= 11 is 1.37. The van der Waals surface area contributed by atoms with E-state index >= 15 is 0 Å². The first-order valence-corrected chi connectivity index (χ1v) is 7.74. The zero-order chi connectivity index (χ0) is 15.2. The molecule has 0 saturated carbocycles. The van der Waals surface area contributed by atoms with Crippen LogP contribution in [0.2, 0.25) is 0 Å². The van der Waals surface area contributed by atoms with Gasteiger partial charge in [0.15, 0.2) is 0 Å². The van der Waals surface area contributed by atoms with Gasteiger partial charge in [-0.1, -0.05) is 25.1 Å². The molecule has 0 aliphatic rings. The van der Waals surface area contributed by atoms with E-state index < -0.39 is 0 Å². The number of carbonyl (C=O) groups is 2. The van der Waals surface area contributed by atoms with E-state index in [0.717, 1.165) is 6.42 Å². The summed E-state index contributed by atoms with van der Waals surface area (Å²) in [4.78, 5) is 25.0. The summed E-state index contributed by atoms with van der Waals surface area (Å²) in [6.07, 6.45) is 0.857. The third-order valence-electron chi connectivity index (χ3n) is 3.15. The minimum Gasteiger partial charge on any atom is -0.350 e. The normalized spacial score (nSPS) is 11.7. The number of rotatable bonds is 5. The van der Waals surface area contributed by atoms with Gasteiger partial charge in [-0.2, -0.15) is 0 Å². The smallest absolute Gasteiger partial charge is 0.265 e. The lowest BCUT2D eigenvalue weighted by molar-refractivity contribution is 0.0940. The van der Waals surface area contributed by atoms with Crippen LogP contribution in [0.1, 0.15) is 40.3 Å². The fourth-order valence-corrected chi connectivity index (χ4v) is 2.40. The van der Waals surface area contributed by atoms with Crippen LogP contribution in [0.25, 0.3) is 0 Å². The van der Waals surface area contributed by atoms with Gasteiger partial charge in [-0.05, 0) is 36.9 Å². The number of carbonyl (C=O) groups excluding carboxylic acids is 2. The maximum atomic E-state index is 12.2. The van der Waals surface area contributed by atoms with Crippen LogP contribution in [0.15, 0.2) is 41.8 Å². The zero-order valence-electron chi connectivity index (χ0n) is 12.1. The second-order valence-electron chi connectivity index (χ2n) is 4.76. The average Bonchev–Trinajstić information content (AvgIpc) is 3.01. The quantitative estimate of drug-likeness (QED) is 0.887. The van der Waals surface area contributed by atoms with Gasteiger partial charge in [0.05, 0.1) is 16.1 Å². The van der Waals surface area contributed by atoms with Crippen molar-refractivity contribution in [2.45, 2.75) is 26.3 Å². The van der Waals surface area contributed by atoms with Crippen LogP contribution in [-0.2, 0) is 0 Å². The Kier molecular flexibility index (Phi) is 5.11. The first kappa shape index (κ1) is 15.3. The van der Waals surface area contributed by atoms with Crippen molar-refractivity contribution in [2.24, 2.45) is 0 Å². The number of benzene rings is 1.